The fourth-order valence-electron chi connectivity index (χ4n) is 2.95. The predicted octanol–water partition coefficient (Wildman–Crippen LogP) is 2.86. The van der Waals surface area contributed by atoms with Crippen LogP contribution >= 0.6 is 11.8 Å². The molecule has 166 valence electrons. The van der Waals surface area contributed by atoms with Gasteiger partial charge in [-0.25, -0.2) is 9.79 Å². The zero-order valence-corrected chi connectivity index (χ0v) is 19.1. The third-order valence-corrected chi connectivity index (χ3v) is 5.94. The second-order valence-electron chi connectivity index (χ2n) is 7.29. The molecule has 0 spiro atoms. The third-order valence-electron chi connectivity index (χ3n) is 4.97. The molecule has 1 heterocycles. The fraction of sp³-hybridized carbons (Fsp3) is 0.217. The summed E-state index contributed by atoms with van der Waals surface area (Å²) in [6.07, 6.45) is 0. The molecule has 0 aliphatic carbocycles. The molecule has 2 N–H and O–H groups in total. The number of aromatic hydroxyl groups is 1. The van der Waals surface area contributed by atoms with Crippen molar-refractivity contribution in [2.24, 2.45) is 19.1 Å². The van der Waals surface area contributed by atoms with Gasteiger partial charge in [-0.2, -0.15) is 0 Å². The van der Waals surface area contributed by atoms with E-state index in [-0.39, 0.29) is 22.3 Å². The molecule has 0 radical (unpaired) electrons. The Morgan fingerprint density at radius 2 is 1.72 bits per heavy atom. The summed E-state index contributed by atoms with van der Waals surface area (Å²) in [6, 6.07) is 14.5. The van der Waals surface area contributed by atoms with Crippen molar-refractivity contribution in [3.05, 3.63) is 86.1 Å². The monoisotopic (exact) mass is 452 g/mol. The van der Waals surface area contributed by atoms with Crippen LogP contribution in [0.3, 0.4) is 0 Å². The van der Waals surface area contributed by atoms with Gasteiger partial charge in [-0.05, 0) is 49.2 Å². The van der Waals surface area contributed by atoms with Gasteiger partial charge in [0.05, 0.1) is 11.4 Å². The largest absolute Gasteiger partial charge is 0.494 e. The van der Waals surface area contributed by atoms with E-state index in [1.54, 1.807) is 24.3 Å². The van der Waals surface area contributed by atoms with Crippen molar-refractivity contribution < 1.29 is 9.90 Å². The minimum absolute atomic E-state index is 0.0516. The zero-order valence-electron chi connectivity index (χ0n) is 18.2. The smallest absolute Gasteiger partial charge is 0.333 e. The molecule has 0 fully saturated rings. The first kappa shape index (κ1) is 23.1. The van der Waals surface area contributed by atoms with Gasteiger partial charge >= 0.3 is 5.69 Å². The molecule has 0 saturated carbocycles. The molecule has 9 heteroatoms. The minimum atomic E-state index is -0.692. The van der Waals surface area contributed by atoms with Crippen LogP contribution in [0, 0.1) is 13.8 Å². The average Bonchev–Trinajstić information content (AvgIpc) is 2.78. The van der Waals surface area contributed by atoms with Gasteiger partial charge < -0.3 is 10.4 Å². The Labute approximate surface area is 189 Å². The topological polar surface area (TPSA) is 106 Å². The SMILES string of the molecule is Cc1ccc(NC(=O)CSC(=Nc2ccccc2)c2c(O)n(C)c(=O)n(C)c2=O)cc1C. The Balaban J connectivity index is 1.94. The van der Waals surface area contributed by atoms with E-state index in [4.69, 9.17) is 0 Å². The van der Waals surface area contributed by atoms with Gasteiger partial charge in [-0.3, -0.25) is 18.7 Å². The van der Waals surface area contributed by atoms with Gasteiger partial charge in [0.15, 0.2) is 0 Å². The number of anilines is 1. The van der Waals surface area contributed by atoms with E-state index in [9.17, 15) is 19.5 Å². The number of benzene rings is 2. The lowest BCUT2D eigenvalue weighted by Crippen LogP contribution is -2.39. The van der Waals surface area contributed by atoms with E-state index in [1.165, 1.54) is 14.1 Å². The molecule has 3 aromatic rings. The van der Waals surface area contributed by atoms with E-state index in [2.05, 4.69) is 10.3 Å². The Morgan fingerprint density at radius 1 is 1.03 bits per heavy atom. The summed E-state index contributed by atoms with van der Waals surface area (Å²) < 4.78 is 1.86. The van der Waals surface area contributed by atoms with Crippen molar-refractivity contribution in [2.75, 3.05) is 11.1 Å². The van der Waals surface area contributed by atoms with Gasteiger partial charge in [0.1, 0.15) is 10.6 Å². The average molecular weight is 453 g/mol. The van der Waals surface area contributed by atoms with Crippen molar-refractivity contribution in [3.63, 3.8) is 0 Å². The van der Waals surface area contributed by atoms with Crippen LogP contribution in [0.1, 0.15) is 16.7 Å². The molecule has 1 amide bonds. The first-order valence-corrected chi connectivity index (χ1v) is 10.8. The number of aryl methyl sites for hydroxylation is 2. The minimum Gasteiger partial charge on any atom is -0.494 e. The Bertz CT molecular complexity index is 1310. The Kier molecular flexibility index (Phi) is 6.99. The van der Waals surface area contributed by atoms with Crippen LogP contribution in [0.5, 0.6) is 5.88 Å². The number of thioether (sulfide) groups is 1. The number of nitrogens with one attached hydrogen (secondary N) is 1. The number of nitrogens with zero attached hydrogens (tertiary/aromatic N) is 3. The molecular weight excluding hydrogens is 428 g/mol. The van der Waals surface area contributed by atoms with Gasteiger partial charge in [0, 0.05) is 19.8 Å². The Hall–Kier alpha value is -3.59. The molecule has 1 aromatic heterocycles. The van der Waals surface area contributed by atoms with Gasteiger partial charge in [-0.1, -0.05) is 36.0 Å². The van der Waals surface area contributed by atoms with E-state index < -0.39 is 17.1 Å². The lowest BCUT2D eigenvalue weighted by Gasteiger charge is -2.13. The fourth-order valence-corrected chi connectivity index (χ4v) is 3.78. The second-order valence-corrected chi connectivity index (χ2v) is 8.26. The number of carbonyl (C=O) groups excluding carboxylic acids is 1. The first-order valence-electron chi connectivity index (χ1n) is 9.82. The van der Waals surface area contributed by atoms with E-state index in [0.29, 0.717) is 11.4 Å². The molecule has 0 saturated heterocycles. The van der Waals surface area contributed by atoms with Gasteiger partial charge in [0.25, 0.3) is 5.56 Å². The van der Waals surface area contributed by atoms with Crippen LogP contribution in [0.2, 0.25) is 0 Å². The number of hydrogen-bond donors (Lipinski definition) is 2. The number of amides is 1. The summed E-state index contributed by atoms with van der Waals surface area (Å²) in [4.78, 5) is 42.0. The van der Waals surface area contributed by atoms with Crippen LogP contribution in [-0.2, 0) is 18.9 Å². The molecule has 0 unspecified atom stereocenters. The number of hydrogen-bond acceptors (Lipinski definition) is 6. The van der Waals surface area contributed by atoms with Gasteiger partial charge in [-0.15, -0.1) is 0 Å². The number of aromatic nitrogens is 2. The second kappa shape index (κ2) is 9.69. The van der Waals surface area contributed by atoms with Crippen LogP contribution in [-0.4, -0.2) is 30.9 Å². The van der Waals surface area contributed by atoms with Crippen molar-refractivity contribution in [1.82, 2.24) is 9.13 Å². The molecule has 0 bridgehead atoms. The molecule has 8 nitrogen and oxygen atoms in total. The standard InChI is InChI=1S/C23H24N4O4S/c1-14-10-11-17(12-15(14)2)24-18(28)13-32-20(25-16-8-6-5-7-9-16)19-21(29)26(3)23(31)27(4)22(19)30/h5-12,29H,13H2,1-4H3,(H,24,28). The zero-order chi connectivity index (χ0) is 23.4. The van der Waals surface area contributed by atoms with E-state index in [0.717, 1.165) is 32.0 Å². The highest BCUT2D eigenvalue weighted by Gasteiger charge is 2.22. The molecular formula is C23H24N4O4S. The van der Waals surface area contributed by atoms with Gasteiger partial charge in [0.2, 0.25) is 11.8 Å². The molecule has 0 aliphatic rings. The summed E-state index contributed by atoms with van der Waals surface area (Å²) in [7, 11) is 2.68. The molecule has 32 heavy (non-hydrogen) atoms. The highest BCUT2D eigenvalue weighted by Crippen LogP contribution is 2.23. The van der Waals surface area contributed by atoms with Crippen LogP contribution < -0.4 is 16.6 Å². The van der Waals surface area contributed by atoms with Crippen LogP contribution in [0.4, 0.5) is 11.4 Å². The molecule has 0 atom stereocenters. The summed E-state index contributed by atoms with van der Waals surface area (Å²) in [6.45, 7) is 3.95. The van der Waals surface area contributed by atoms with Crippen molar-refractivity contribution in [1.29, 1.82) is 0 Å². The van der Waals surface area contributed by atoms with Crippen molar-refractivity contribution >= 4 is 34.1 Å². The maximum absolute atomic E-state index is 12.8. The molecule has 0 aliphatic heterocycles. The number of rotatable bonds is 5. The Morgan fingerprint density at radius 3 is 2.38 bits per heavy atom. The highest BCUT2D eigenvalue weighted by molar-refractivity contribution is 8.15. The maximum atomic E-state index is 12.8. The quantitative estimate of drug-likeness (QED) is 0.457. The van der Waals surface area contributed by atoms with E-state index in [1.807, 2.05) is 38.1 Å². The summed E-state index contributed by atoms with van der Waals surface area (Å²) in [5.41, 5.74) is 1.90. The lowest BCUT2D eigenvalue weighted by atomic mass is 10.1. The van der Waals surface area contributed by atoms with Crippen molar-refractivity contribution in [2.45, 2.75) is 13.8 Å². The lowest BCUT2D eigenvalue weighted by molar-refractivity contribution is -0.113. The number of aliphatic imine (C=N–C) groups is 1. The van der Waals surface area contributed by atoms with Crippen LogP contribution in [0.15, 0.2) is 63.1 Å². The molecule has 2 aromatic carbocycles. The highest BCUT2D eigenvalue weighted by atomic mass is 32.2. The van der Waals surface area contributed by atoms with E-state index >= 15 is 0 Å². The summed E-state index contributed by atoms with van der Waals surface area (Å²) in [5, 5.41) is 13.5. The number of para-hydroxylation sites is 1. The maximum Gasteiger partial charge on any atom is 0.333 e. The molecule has 3 rings (SSSR count). The first-order chi connectivity index (χ1) is 15.2. The summed E-state index contributed by atoms with van der Waals surface area (Å²) >= 11 is 1.01. The normalized spacial score (nSPS) is 11.4. The van der Waals surface area contributed by atoms with Crippen LogP contribution in [0.25, 0.3) is 0 Å². The predicted molar refractivity (Wildman–Crippen MR) is 128 cm³/mol. The number of carbonyl (C=O) groups is 1. The third kappa shape index (κ3) is 5.00. The summed E-state index contributed by atoms with van der Waals surface area (Å²) in [5.74, 6) is -0.848. The van der Waals surface area contributed by atoms with Crippen molar-refractivity contribution in [3.8, 4) is 5.88 Å².